The number of aromatic nitrogens is 1. The normalized spacial score (nSPS) is 10.7. The third-order valence-corrected chi connectivity index (χ3v) is 4.36. The zero-order valence-electron chi connectivity index (χ0n) is 18.3. The molecule has 9 heteroatoms. The van der Waals surface area contributed by atoms with Crippen molar-refractivity contribution in [3.8, 4) is 0 Å². The second-order valence-electron chi connectivity index (χ2n) is 6.72. The van der Waals surface area contributed by atoms with E-state index in [2.05, 4.69) is 0 Å². The van der Waals surface area contributed by atoms with E-state index in [0.717, 1.165) is 5.56 Å². The lowest BCUT2D eigenvalue weighted by atomic mass is 10.2. The number of esters is 1. The summed E-state index contributed by atoms with van der Waals surface area (Å²) < 4.78 is 22.6. The number of benzene rings is 1. The molecule has 2 aromatic rings. The molecular weight excluding hydrogens is 416 g/mol. The van der Waals surface area contributed by atoms with E-state index in [1.807, 2.05) is 30.3 Å². The fourth-order valence-electron chi connectivity index (χ4n) is 2.77. The average Bonchev–Trinajstić information content (AvgIpc) is 2.80. The highest BCUT2D eigenvalue weighted by atomic mass is 16.5. The summed E-state index contributed by atoms with van der Waals surface area (Å²) in [6.07, 6.45) is 2.10. The van der Waals surface area contributed by atoms with Gasteiger partial charge in [0.25, 0.3) is 5.56 Å². The Hall–Kier alpha value is -3.01. The van der Waals surface area contributed by atoms with Crippen LogP contribution in [0.2, 0.25) is 0 Å². The van der Waals surface area contributed by atoms with Crippen molar-refractivity contribution in [2.75, 3.05) is 51.1 Å². The molecule has 0 bridgehead atoms. The number of hydrogen-bond donors (Lipinski definition) is 0. The summed E-state index contributed by atoms with van der Waals surface area (Å²) in [7, 11) is 0. The zero-order chi connectivity index (χ0) is 23.0. The quantitative estimate of drug-likeness (QED) is 0.220. The summed E-state index contributed by atoms with van der Waals surface area (Å²) in [4.78, 5) is 36.4. The van der Waals surface area contributed by atoms with E-state index >= 15 is 0 Å². The van der Waals surface area contributed by atoms with Crippen LogP contribution in [0.4, 0.5) is 5.69 Å². The second-order valence-corrected chi connectivity index (χ2v) is 6.72. The minimum absolute atomic E-state index is 0.212. The SMILES string of the molecule is CCOC(=O)Cn1cc(N(C=O)CCOCCOCCOCc2ccccc2)ccc1=O. The van der Waals surface area contributed by atoms with Gasteiger partial charge in [-0.05, 0) is 18.6 Å². The van der Waals surface area contributed by atoms with Crippen molar-refractivity contribution in [1.82, 2.24) is 4.57 Å². The molecule has 2 rings (SSSR count). The number of amides is 1. The Morgan fingerprint density at radius 1 is 0.969 bits per heavy atom. The first-order valence-electron chi connectivity index (χ1n) is 10.5. The van der Waals surface area contributed by atoms with E-state index in [9.17, 15) is 14.4 Å². The van der Waals surface area contributed by atoms with Crippen LogP contribution < -0.4 is 10.5 Å². The van der Waals surface area contributed by atoms with Crippen LogP contribution >= 0.6 is 0 Å². The molecule has 32 heavy (non-hydrogen) atoms. The molecule has 0 saturated carbocycles. The molecule has 1 aromatic heterocycles. The molecule has 0 N–H and O–H groups in total. The van der Waals surface area contributed by atoms with Crippen molar-refractivity contribution in [2.45, 2.75) is 20.1 Å². The van der Waals surface area contributed by atoms with Crippen molar-refractivity contribution < 1.29 is 28.5 Å². The van der Waals surface area contributed by atoms with E-state index < -0.39 is 5.97 Å². The second kappa shape index (κ2) is 14.9. The predicted molar refractivity (Wildman–Crippen MR) is 118 cm³/mol. The van der Waals surface area contributed by atoms with Crippen molar-refractivity contribution in [2.24, 2.45) is 0 Å². The van der Waals surface area contributed by atoms with E-state index in [-0.39, 0.29) is 18.7 Å². The van der Waals surface area contributed by atoms with Crippen LogP contribution in [-0.2, 0) is 41.7 Å². The van der Waals surface area contributed by atoms with E-state index in [1.54, 1.807) is 6.92 Å². The van der Waals surface area contributed by atoms with Crippen LogP contribution in [0.25, 0.3) is 0 Å². The average molecular weight is 447 g/mol. The van der Waals surface area contributed by atoms with E-state index in [0.29, 0.717) is 58.3 Å². The molecule has 174 valence electrons. The summed E-state index contributed by atoms with van der Waals surface area (Å²) in [5.41, 5.74) is 1.25. The predicted octanol–water partition coefficient (Wildman–Crippen LogP) is 1.62. The summed E-state index contributed by atoms with van der Waals surface area (Å²) in [6.45, 7) is 4.61. The lowest BCUT2D eigenvalue weighted by Crippen LogP contribution is -2.30. The zero-order valence-corrected chi connectivity index (χ0v) is 18.3. The van der Waals surface area contributed by atoms with Gasteiger partial charge < -0.3 is 28.4 Å². The minimum atomic E-state index is -0.516. The van der Waals surface area contributed by atoms with Crippen molar-refractivity contribution in [3.05, 3.63) is 64.6 Å². The van der Waals surface area contributed by atoms with Crippen LogP contribution in [0.5, 0.6) is 0 Å². The Morgan fingerprint density at radius 2 is 1.66 bits per heavy atom. The molecule has 1 heterocycles. The monoisotopic (exact) mass is 446 g/mol. The topological polar surface area (TPSA) is 96.3 Å². The van der Waals surface area contributed by atoms with Gasteiger partial charge in [0.15, 0.2) is 0 Å². The first-order chi connectivity index (χ1) is 15.6. The van der Waals surface area contributed by atoms with Gasteiger partial charge in [-0.25, -0.2) is 0 Å². The van der Waals surface area contributed by atoms with Gasteiger partial charge in [0.05, 0.1) is 51.9 Å². The minimum Gasteiger partial charge on any atom is -0.465 e. The van der Waals surface area contributed by atoms with Crippen LogP contribution in [0, 0.1) is 0 Å². The third kappa shape index (κ3) is 9.42. The van der Waals surface area contributed by atoms with Crippen LogP contribution in [0.1, 0.15) is 12.5 Å². The molecular formula is C23H30N2O7. The smallest absolute Gasteiger partial charge is 0.326 e. The molecule has 0 atom stereocenters. The fraction of sp³-hybridized carbons (Fsp3) is 0.435. The van der Waals surface area contributed by atoms with Crippen molar-refractivity contribution in [3.63, 3.8) is 0 Å². The number of ether oxygens (including phenoxy) is 4. The maximum Gasteiger partial charge on any atom is 0.326 e. The van der Waals surface area contributed by atoms with E-state index in [4.69, 9.17) is 18.9 Å². The van der Waals surface area contributed by atoms with Gasteiger partial charge in [0, 0.05) is 18.8 Å². The Balaban J connectivity index is 1.61. The van der Waals surface area contributed by atoms with Crippen molar-refractivity contribution >= 4 is 18.1 Å². The highest BCUT2D eigenvalue weighted by Gasteiger charge is 2.10. The Kier molecular flexibility index (Phi) is 11.8. The number of carbonyl (C=O) groups excluding carboxylic acids is 2. The molecule has 0 radical (unpaired) electrons. The van der Waals surface area contributed by atoms with E-state index in [1.165, 1.54) is 27.8 Å². The largest absolute Gasteiger partial charge is 0.465 e. The maximum absolute atomic E-state index is 11.9. The highest BCUT2D eigenvalue weighted by Crippen LogP contribution is 2.09. The Bertz CT molecular complexity index is 870. The summed E-state index contributed by atoms with van der Waals surface area (Å²) in [5.74, 6) is -0.516. The van der Waals surface area contributed by atoms with Crippen LogP contribution in [-0.4, -0.2) is 63.1 Å². The summed E-state index contributed by atoms with van der Waals surface area (Å²) >= 11 is 0. The molecule has 0 saturated heterocycles. The number of pyridine rings is 1. The van der Waals surface area contributed by atoms with Gasteiger partial charge in [-0.15, -0.1) is 0 Å². The molecule has 1 amide bonds. The van der Waals surface area contributed by atoms with Gasteiger partial charge in [0.1, 0.15) is 6.54 Å². The summed E-state index contributed by atoms with van der Waals surface area (Å²) in [6, 6.07) is 12.7. The standard InChI is InChI=1S/C23H30N2O7/c1-2-32-23(28)17-25-16-21(8-9-22(25)27)24(19-26)10-11-29-12-13-30-14-15-31-18-20-6-4-3-5-7-20/h3-9,16,19H,2,10-15,17-18H2,1H3. The highest BCUT2D eigenvalue weighted by molar-refractivity contribution is 5.75. The van der Waals surface area contributed by atoms with Gasteiger partial charge in [-0.2, -0.15) is 0 Å². The molecule has 9 nitrogen and oxygen atoms in total. The van der Waals surface area contributed by atoms with Gasteiger partial charge in [-0.3, -0.25) is 14.4 Å². The fourth-order valence-corrected chi connectivity index (χ4v) is 2.77. The third-order valence-electron chi connectivity index (χ3n) is 4.36. The lowest BCUT2D eigenvalue weighted by Gasteiger charge is -2.18. The Labute approximate surface area is 187 Å². The number of hydrogen-bond acceptors (Lipinski definition) is 7. The van der Waals surface area contributed by atoms with Crippen molar-refractivity contribution in [1.29, 1.82) is 0 Å². The number of anilines is 1. The first-order valence-corrected chi connectivity index (χ1v) is 10.5. The van der Waals surface area contributed by atoms with Gasteiger partial charge >= 0.3 is 5.97 Å². The van der Waals surface area contributed by atoms with Gasteiger partial charge in [-0.1, -0.05) is 30.3 Å². The van der Waals surface area contributed by atoms with Crippen LogP contribution in [0.3, 0.4) is 0 Å². The molecule has 0 unspecified atom stereocenters. The number of nitrogens with zero attached hydrogens (tertiary/aromatic N) is 2. The van der Waals surface area contributed by atoms with Gasteiger partial charge in [0.2, 0.25) is 6.41 Å². The number of rotatable bonds is 16. The molecule has 0 aliphatic rings. The Morgan fingerprint density at radius 3 is 2.34 bits per heavy atom. The maximum atomic E-state index is 11.9. The first kappa shape index (κ1) is 25.3. The molecule has 0 spiro atoms. The number of carbonyl (C=O) groups is 2. The molecule has 0 aliphatic heterocycles. The molecule has 0 fully saturated rings. The van der Waals surface area contributed by atoms with Crippen LogP contribution in [0.15, 0.2) is 53.5 Å². The molecule has 0 aliphatic carbocycles. The summed E-state index contributed by atoms with van der Waals surface area (Å²) in [5, 5.41) is 0. The molecule has 1 aromatic carbocycles. The lowest BCUT2D eigenvalue weighted by molar-refractivity contribution is -0.143.